The van der Waals surface area contributed by atoms with E-state index in [0.29, 0.717) is 29.7 Å². The second-order valence-corrected chi connectivity index (χ2v) is 6.16. The highest BCUT2D eigenvalue weighted by atomic mass is 35.5. The van der Waals surface area contributed by atoms with Gasteiger partial charge in [-0.1, -0.05) is 23.7 Å². The highest BCUT2D eigenvalue weighted by Gasteiger charge is 2.13. The van der Waals surface area contributed by atoms with Crippen LogP contribution in [-0.4, -0.2) is 44.6 Å². The number of hydrogen-bond acceptors (Lipinski definition) is 4. The van der Waals surface area contributed by atoms with Crippen LogP contribution in [0.25, 0.3) is 0 Å². The van der Waals surface area contributed by atoms with Gasteiger partial charge in [0.05, 0.1) is 18.2 Å². The fraction of sp³-hybridized carbons (Fsp3) is 0.316. The van der Waals surface area contributed by atoms with E-state index < -0.39 is 6.03 Å². The summed E-state index contributed by atoms with van der Waals surface area (Å²) in [7, 11) is 1.58. The maximum Gasteiger partial charge on any atom is 0.319 e. The molecule has 27 heavy (non-hydrogen) atoms. The zero-order valence-electron chi connectivity index (χ0n) is 14.9. The average molecular weight is 397 g/mol. The fourth-order valence-electron chi connectivity index (χ4n) is 2.34. The van der Waals surface area contributed by atoms with Gasteiger partial charge in [-0.3, -0.25) is 0 Å². The van der Waals surface area contributed by atoms with Crippen LogP contribution in [0.15, 0.2) is 42.5 Å². The Hall–Kier alpha value is -2.35. The fourth-order valence-corrected chi connectivity index (χ4v) is 2.58. The SMILES string of the molecule is COCCOc1ccc(NC(=O)NCC(CO)c2ccc(F)cc2)cc1Cl. The van der Waals surface area contributed by atoms with Gasteiger partial charge >= 0.3 is 6.03 Å². The van der Waals surface area contributed by atoms with Crippen molar-refractivity contribution in [1.82, 2.24) is 5.32 Å². The van der Waals surface area contributed by atoms with Crippen LogP contribution in [0.1, 0.15) is 11.5 Å². The van der Waals surface area contributed by atoms with Crippen molar-refractivity contribution in [2.45, 2.75) is 5.92 Å². The molecule has 0 saturated heterocycles. The standard InChI is InChI=1S/C19H22ClFN2O4/c1-26-8-9-27-18-7-6-16(10-17(18)20)23-19(25)22-11-14(12-24)13-2-4-15(21)5-3-13/h2-7,10,14,24H,8-9,11-12H2,1H3,(H2,22,23,25). The quantitative estimate of drug-likeness (QED) is 0.567. The second kappa shape index (κ2) is 10.7. The first-order valence-electron chi connectivity index (χ1n) is 8.36. The maximum absolute atomic E-state index is 13.0. The average Bonchev–Trinajstić information content (AvgIpc) is 2.65. The molecular formula is C19H22ClFN2O4. The molecule has 2 aromatic carbocycles. The lowest BCUT2D eigenvalue weighted by atomic mass is 10.00. The summed E-state index contributed by atoms with van der Waals surface area (Å²) in [6, 6.07) is 10.2. The number of nitrogens with one attached hydrogen (secondary N) is 2. The molecule has 0 heterocycles. The third-order valence-corrected chi connectivity index (χ3v) is 4.10. The second-order valence-electron chi connectivity index (χ2n) is 5.75. The lowest BCUT2D eigenvalue weighted by molar-refractivity contribution is 0.146. The van der Waals surface area contributed by atoms with E-state index in [9.17, 15) is 14.3 Å². The van der Waals surface area contributed by atoms with Gasteiger partial charge < -0.3 is 25.2 Å². The predicted molar refractivity (Wildman–Crippen MR) is 102 cm³/mol. The van der Waals surface area contributed by atoms with Crippen molar-refractivity contribution in [2.75, 3.05) is 38.8 Å². The van der Waals surface area contributed by atoms with E-state index in [1.54, 1.807) is 37.4 Å². The van der Waals surface area contributed by atoms with E-state index in [1.807, 2.05) is 0 Å². The molecule has 1 atom stereocenters. The highest BCUT2D eigenvalue weighted by Crippen LogP contribution is 2.27. The number of urea groups is 1. The number of benzene rings is 2. The van der Waals surface area contributed by atoms with Crippen molar-refractivity contribution in [3.63, 3.8) is 0 Å². The van der Waals surface area contributed by atoms with Crippen molar-refractivity contribution in [3.05, 3.63) is 58.9 Å². The summed E-state index contributed by atoms with van der Waals surface area (Å²) in [6.45, 7) is 0.833. The number of aliphatic hydroxyl groups is 1. The Morgan fingerprint density at radius 2 is 1.96 bits per heavy atom. The maximum atomic E-state index is 13.0. The van der Waals surface area contributed by atoms with E-state index in [0.717, 1.165) is 5.56 Å². The van der Waals surface area contributed by atoms with Gasteiger partial charge in [0.25, 0.3) is 0 Å². The summed E-state index contributed by atoms with van der Waals surface area (Å²) in [5.74, 6) is -0.194. The molecule has 2 aromatic rings. The Balaban J connectivity index is 1.87. The molecule has 0 aliphatic carbocycles. The number of anilines is 1. The molecule has 8 heteroatoms. The molecule has 0 radical (unpaired) electrons. The molecule has 0 aliphatic heterocycles. The minimum Gasteiger partial charge on any atom is -0.490 e. The summed E-state index contributed by atoms with van der Waals surface area (Å²) >= 11 is 6.13. The molecular weight excluding hydrogens is 375 g/mol. The lowest BCUT2D eigenvalue weighted by Gasteiger charge is -2.16. The van der Waals surface area contributed by atoms with Crippen LogP contribution in [0.4, 0.5) is 14.9 Å². The van der Waals surface area contributed by atoms with Crippen molar-refractivity contribution in [2.24, 2.45) is 0 Å². The van der Waals surface area contributed by atoms with Gasteiger partial charge in [-0.05, 0) is 35.9 Å². The van der Waals surface area contributed by atoms with Crippen LogP contribution < -0.4 is 15.4 Å². The Bertz CT molecular complexity index is 743. The van der Waals surface area contributed by atoms with Crippen molar-refractivity contribution < 1.29 is 23.8 Å². The molecule has 0 spiro atoms. The van der Waals surface area contributed by atoms with Crippen LogP contribution in [0, 0.1) is 5.82 Å². The molecule has 0 saturated carbocycles. The first-order valence-corrected chi connectivity index (χ1v) is 8.73. The molecule has 146 valence electrons. The van der Waals surface area contributed by atoms with Crippen molar-refractivity contribution in [3.8, 4) is 5.75 Å². The number of carbonyl (C=O) groups excluding carboxylic acids is 1. The van der Waals surface area contributed by atoms with Gasteiger partial charge in [-0.25, -0.2) is 9.18 Å². The number of rotatable bonds is 9. The summed E-state index contributed by atoms with van der Waals surface area (Å²) in [5.41, 5.74) is 1.23. The largest absolute Gasteiger partial charge is 0.490 e. The highest BCUT2D eigenvalue weighted by molar-refractivity contribution is 6.32. The van der Waals surface area contributed by atoms with Gasteiger partial charge in [0, 0.05) is 25.3 Å². The Kier molecular flexibility index (Phi) is 8.32. The number of methoxy groups -OCH3 is 1. The van der Waals surface area contributed by atoms with E-state index >= 15 is 0 Å². The van der Waals surface area contributed by atoms with Crippen LogP contribution in [0.2, 0.25) is 5.02 Å². The van der Waals surface area contributed by atoms with Crippen molar-refractivity contribution >= 4 is 23.3 Å². The van der Waals surface area contributed by atoms with E-state index in [4.69, 9.17) is 21.1 Å². The number of aliphatic hydroxyl groups excluding tert-OH is 1. The number of carbonyl (C=O) groups is 1. The topological polar surface area (TPSA) is 79.8 Å². The Labute approximate surface area is 162 Å². The molecule has 1 unspecified atom stereocenters. The zero-order chi connectivity index (χ0) is 19.6. The third-order valence-electron chi connectivity index (χ3n) is 3.81. The summed E-state index contributed by atoms with van der Waals surface area (Å²) in [5, 5.41) is 15.2. The molecule has 0 bridgehead atoms. The van der Waals surface area contributed by atoms with Gasteiger partial charge in [-0.2, -0.15) is 0 Å². The van der Waals surface area contributed by atoms with Crippen LogP contribution in [-0.2, 0) is 4.74 Å². The van der Waals surface area contributed by atoms with Gasteiger partial charge in [0.2, 0.25) is 0 Å². The molecule has 2 rings (SSSR count). The van der Waals surface area contributed by atoms with E-state index in [1.165, 1.54) is 12.1 Å². The Morgan fingerprint density at radius 1 is 1.22 bits per heavy atom. The summed E-state index contributed by atoms with van der Waals surface area (Å²) in [6.07, 6.45) is 0. The van der Waals surface area contributed by atoms with Crippen LogP contribution >= 0.6 is 11.6 Å². The summed E-state index contributed by atoms with van der Waals surface area (Å²) < 4.78 is 23.3. The minimum atomic E-state index is -0.445. The smallest absolute Gasteiger partial charge is 0.319 e. The predicted octanol–water partition coefficient (Wildman–Crippen LogP) is 3.40. The van der Waals surface area contributed by atoms with Crippen LogP contribution in [0.5, 0.6) is 5.75 Å². The van der Waals surface area contributed by atoms with Crippen molar-refractivity contribution in [1.29, 1.82) is 0 Å². The first-order chi connectivity index (χ1) is 13.0. The number of hydrogen-bond donors (Lipinski definition) is 3. The molecule has 3 N–H and O–H groups in total. The number of ether oxygens (including phenoxy) is 2. The first kappa shape index (κ1) is 21.0. The lowest BCUT2D eigenvalue weighted by Crippen LogP contribution is -2.33. The molecule has 0 aliphatic rings. The molecule has 0 aromatic heterocycles. The van der Waals surface area contributed by atoms with Gasteiger partial charge in [-0.15, -0.1) is 0 Å². The monoisotopic (exact) mass is 396 g/mol. The number of halogens is 2. The molecule has 2 amide bonds. The summed E-state index contributed by atoms with van der Waals surface area (Å²) in [4.78, 5) is 12.1. The Morgan fingerprint density at radius 3 is 2.59 bits per heavy atom. The van der Waals surface area contributed by atoms with Gasteiger partial charge in [0.1, 0.15) is 18.2 Å². The zero-order valence-corrected chi connectivity index (χ0v) is 15.6. The molecule has 6 nitrogen and oxygen atoms in total. The van der Waals surface area contributed by atoms with E-state index in [2.05, 4.69) is 10.6 Å². The number of amides is 2. The normalized spacial score (nSPS) is 11.7. The molecule has 0 fully saturated rings. The van der Waals surface area contributed by atoms with E-state index in [-0.39, 0.29) is 24.9 Å². The minimum absolute atomic E-state index is 0.175. The third kappa shape index (κ3) is 6.71. The van der Waals surface area contributed by atoms with Gasteiger partial charge in [0.15, 0.2) is 0 Å². The van der Waals surface area contributed by atoms with Crippen LogP contribution in [0.3, 0.4) is 0 Å².